The zero-order chi connectivity index (χ0) is 13.1. The van der Waals surface area contributed by atoms with Gasteiger partial charge in [0.05, 0.1) is 11.8 Å². The molecule has 0 fully saturated rings. The van der Waals surface area contributed by atoms with Crippen LogP contribution in [0.5, 0.6) is 5.75 Å². The summed E-state index contributed by atoms with van der Waals surface area (Å²) in [6, 6.07) is 6.98. The minimum Gasteiger partial charge on any atom is -0.508 e. The molecule has 0 saturated carbocycles. The maximum Gasteiger partial charge on any atom is 0.257 e. The summed E-state index contributed by atoms with van der Waals surface area (Å²) < 4.78 is 0. The first-order valence-corrected chi connectivity index (χ1v) is 5.62. The number of hydrogen-bond donors (Lipinski definition) is 2. The lowest BCUT2D eigenvalue weighted by molar-refractivity contribution is 0.0783. The van der Waals surface area contributed by atoms with Crippen LogP contribution in [0.1, 0.15) is 21.6 Å². The van der Waals surface area contributed by atoms with Crippen LogP contribution < -0.4 is 0 Å². The number of hydrogen-bond acceptors (Lipinski definition) is 3. The number of benzene rings is 1. The molecule has 0 atom stereocenters. The van der Waals surface area contributed by atoms with Crippen LogP contribution in [0.25, 0.3) is 0 Å². The van der Waals surface area contributed by atoms with E-state index in [1.807, 2.05) is 6.07 Å². The Morgan fingerprint density at radius 2 is 2.17 bits per heavy atom. The predicted octanol–water partition coefficient (Wildman–Crippen LogP) is 1.70. The summed E-state index contributed by atoms with van der Waals surface area (Å²) in [4.78, 5) is 13.7. The molecule has 0 saturated heterocycles. The molecule has 1 aromatic heterocycles. The second kappa shape index (κ2) is 4.91. The Morgan fingerprint density at radius 3 is 2.78 bits per heavy atom. The maximum atomic E-state index is 12.1. The van der Waals surface area contributed by atoms with Gasteiger partial charge in [0.2, 0.25) is 0 Å². The van der Waals surface area contributed by atoms with E-state index in [9.17, 15) is 9.90 Å². The molecular formula is C13H15N3O2. The summed E-state index contributed by atoms with van der Waals surface area (Å²) in [5, 5.41) is 16.2. The fraction of sp³-hybridized carbons (Fsp3) is 0.231. The molecule has 0 spiro atoms. The Labute approximate surface area is 105 Å². The molecule has 0 bridgehead atoms. The Morgan fingerprint density at radius 1 is 1.44 bits per heavy atom. The Bertz CT molecular complexity index is 563. The molecule has 5 heteroatoms. The van der Waals surface area contributed by atoms with Crippen LogP contribution in [0.2, 0.25) is 0 Å². The molecule has 1 aromatic carbocycles. The van der Waals surface area contributed by atoms with Crippen molar-refractivity contribution < 1.29 is 9.90 Å². The van der Waals surface area contributed by atoms with Gasteiger partial charge in [-0.15, -0.1) is 0 Å². The Hall–Kier alpha value is -2.30. The quantitative estimate of drug-likeness (QED) is 0.864. The minimum atomic E-state index is -0.121. The molecule has 0 unspecified atom stereocenters. The first-order chi connectivity index (χ1) is 8.59. The molecule has 2 rings (SSSR count). The van der Waals surface area contributed by atoms with E-state index in [4.69, 9.17) is 0 Å². The van der Waals surface area contributed by atoms with Crippen molar-refractivity contribution >= 4 is 5.91 Å². The van der Waals surface area contributed by atoms with E-state index < -0.39 is 0 Å². The van der Waals surface area contributed by atoms with Crippen molar-refractivity contribution in [3.63, 3.8) is 0 Å². The van der Waals surface area contributed by atoms with Gasteiger partial charge in [-0.3, -0.25) is 9.89 Å². The van der Waals surface area contributed by atoms with Gasteiger partial charge < -0.3 is 10.0 Å². The lowest BCUT2D eigenvalue weighted by Gasteiger charge is -2.17. The molecule has 1 heterocycles. The lowest BCUT2D eigenvalue weighted by atomic mass is 10.1. The number of para-hydroxylation sites is 1. The SMILES string of the molecule is Cc1[nH]ncc1C(=O)N(C)Cc1ccccc1O. The molecule has 5 nitrogen and oxygen atoms in total. The van der Waals surface area contributed by atoms with Gasteiger partial charge in [0, 0.05) is 24.8 Å². The van der Waals surface area contributed by atoms with Gasteiger partial charge in [0.25, 0.3) is 5.91 Å². The fourth-order valence-electron chi connectivity index (χ4n) is 1.74. The number of aromatic hydroxyl groups is 1. The highest BCUT2D eigenvalue weighted by Crippen LogP contribution is 2.18. The molecule has 0 aliphatic heterocycles. The van der Waals surface area contributed by atoms with E-state index in [0.717, 1.165) is 11.3 Å². The number of H-pyrrole nitrogens is 1. The number of nitrogens with zero attached hydrogens (tertiary/aromatic N) is 2. The van der Waals surface area contributed by atoms with Crippen LogP contribution in [0, 0.1) is 6.92 Å². The van der Waals surface area contributed by atoms with Crippen LogP contribution in [0.15, 0.2) is 30.5 Å². The van der Waals surface area contributed by atoms with Crippen LogP contribution in [0.4, 0.5) is 0 Å². The Balaban J connectivity index is 2.14. The number of aromatic amines is 1. The first-order valence-electron chi connectivity index (χ1n) is 5.62. The highest BCUT2D eigenvalue weighted by atomic mass is 16.3. The maximum absolute atomic E-state index is 12.1. The highest BCUT2D eigenvalue weighted by molar-refractivity contribution is 5.94. The van der Waals surface area contributed by atoms with Crippen LogP contribution in [0.3, 0.4) is 0 Å². The van der Waals surface area contributed by atoms with Crippen molar-refractivity contribution in [2.75, 3.05) is 7.05 Å². The first kappa shape index (κ1) is 12.2. The summed E-state index contributed by atoms with van der Waals surface area (Å²) in [5.41, 5.74) is 2.01. The second-order valence-electron chi connectivity index (χ2n) is 4.20. The predicted molar refractivity (Wildman–Crippen MR) is 67.2 cm³/mol. The van der Waals surface area contributed by atoms with Gasteiger partial charge in [-0.05, 0) is 13.0 Å². The molecule has 2 aromatic rings. The third kappa shape index (κ3) is 2.34. The number of nitrogens with one attached hydrogen (secondary N) is 1. The monoisotopic (exact) mass is 245 g/mol. The van der Waals surface area contributed by atoms with Gasteiger partial charge in [-0.1, -0.05) is 18.2 Å². The van der Waals surface area contributed by atoms with E-state index in [0.29, 0.717) is 12.1 Å². The van der Waals surface area contributed by atoms with Crippen molar-refractivity contribution in [3.05, 3.63) is 47.3 Å². The van der Waals surface area contributed by atoms with Gasteiger partial charge >= 0.3 is 0 Å². The summed E-state index contributed by atoms with van der Waals surface area (Å²) in [6.45, 7) is 2.16. The van der Waals surface area contributed by atoms with E-state index in [2.05, 4.69) is 10.2 Å². The molecule has 0 aliphatic carbocycles. The minimum absolute atomic E-state index is 0.121. The fourth-order valence-corrected chi connectivity index (χ4v) is 1.74. The number of phenols is 1. The second-order valence-corrected chi connectivity index (χ2v) is 4.20. The third-order valence-corrected chi connectivity index (χ3v) is 2.81. The van der Waals surface area contributed by atoms with Crippen LogP contribution in [-0.2, 0) is 6.54 Å². The molecule has 0 aliphatic rings. The van der Waals surface area contributed by atoms with Crippen molar-refractivity contribution in [1.82, 2.24) is 15.1 Å². The molecule has 0 radical (unpaired) electrons. The molecule has 2 N–H and O–H groups in total. The highest BCUT2D eigenvalue weighted by Gasteiger charge is 2.16. The average molecular weight is 245 g/mol. The van der Waals surface area contributed by atoms with Gasteiger partial charge in [0.1, 0.15) is 5.75 Å². The molecule has 1 amide bonds. The van der Waals surface area contributed by atoms with Crippen LogP contribution >= 0.6 is 0 Å². The summed E-state index contributed by atoms with van der Waals surface area (Å²) in [5.74, 6) is 0.0746. The van der Waals surface area contributed by atoms with Crippen molar-refractivity contribution in [1.29, 1.82) is 0 Å². The van der Waals surface area contributed by atoms with E-state index >= 15 is 0 Å². The largest absolute Gasteiger partial charge is 0.508 e. The average Bonchev–Trinajstić information content (AvgIpc) is 2.77. The topological polar surface area (TPSA) is 69.2 Å². The van der Waals surface area contributed by atoms with E-state index in [-0.39, 0.29) is 11.7 Å². The number of aryl methyl sites for hydroxylation is 1. The van der Waals surface area contributed by atoms with Crippen molar-refractivity contribution in [3.8, 4) is 5.75 Å². The van der Waals surface area contributed by atoms with E-state index in [1.165, 1.54) is 6.20 Å². The summed E-state index contributed by atoms with van der Waals surface area (Å²) in [6.07, 6.45) is 1.51. The molecular weight excluding hydrogens is 230 g/mol. The number of amides is 1. The summed E-state index contributed by atoms with van der Waals surface area (Å²) in [7, 11) is 1.70. The smallest absolute Gasteiger partial charge is 0.257 e. The van der Waals surface area contributed by atoms with Gasteiger partial charge in [-0.2, -0.15) is 5.10 Å². The number of phenolic OH excluding ortho intramolecular Hbond substituents is 1. The number of aromatic nitrogens is 2. The zero-order valence-corrected chi connectivity index (χ0v) is 10.3. The standard InChI is InChI=1S/C13H15N3O2/c1-9-11(7-14-15-9)13(18)16(2)8-10-5-3-4-6-12(10)17/h3-7,17H,8H2,1-2H3,(H,14,15). The van der Waals surface area contributed by atoms with Gasteiger partial charge in [0.15, 0.2) is 0 Å². The van der Waals surface area contributed by atoms with Gasteiger partial charge in [-0.25, -0.2) is 0 Å². The van der Waals surface area contributed by atoms with Crippen LogP contribution in [-0.4, -0.2) is 33.2 Å². The number of carbonyl (C=O) groups is 1. The number of rotatable bonds is 3. The third-order valence-electron chi connectivity index (χ3n) is 2.81. The Kier molecular flexibility index (Phi) is 3.32. The number of carbonyl (C=O) groups excluding carboxylic acids is 1. The molecule has 18 heavy (non-hydrogen) atoms. The van der Waals surface area contributed by atoms with Crippen molar-refractivity contribution in [2.45, 2.75) is 13.5 Å². The lowest BCUT2D eigenvalue weighted by Crippen LogP contribution is -2.26. The zero-order valence-electron chi connectivity index (χ0n) is 10.3. The summed E-state index contributed by atoms with van der Waals surface area (Å²) >= 11 is 0. The van der Waals surface area contributed by atoms with E-state index in [1.54, 1.807) is 37.1 Å². The molecule has 94 valence electrons. The normalized spacial score (nSPS) is 10.3. The van der Waals surface area contributed by atoms with Crippen molar-refractivity contribution in [2.24, 2.45) is 0 Å².